The number of likely N-dealkylation sites (tertiary alicyclic amines) is 2. The van der Waals surface area contributed by atoms with Crippen LogP contribution in [0.5, 0.6) is 5.75 Å². The molecular weight excluding hydrogens is 332 g/mol. The normalized spacial score (nSPS) is 25.1. The van der Waals surface area contributed by atoms with E-state index in [1.807, 2.05) is 41.0 Å². The number of carbonyl (C=O) groups is 2. The van der Waals surface area contributed by atoms with Crippen molar-refractivity contribution in [3.05, 3.63) is 29.8 Å². The van der Waals surface area contributed by atoms with Crippen molar-refractivity contribution >= 4 is 11.8 Å². The molecule has 0 N–H and O–H groups in total. The minimum absolute atomic E-state index is 0.00856. The maximum Gasteiger partial charge on any atom is 0.260 e. The van der Waals surface area contributed by atoms with E-state index in [0.29, 0.717) is 37.9 Å². The Morgan fingerprint density at radius 2 is 2.04 bits per heavy atom. The summed E-state index contributed by atoms with van der Waals surface area (Å²) >= 11 is 0. The maximum absolute atomic E-state index is 12.7. The van der Waals surface area contributed by atoms with Gasteiger partial charge in [0.05, 0.1) is 6.61 Å². The van der Waals surface area contributed by atoms with Crippen LogP contribution in [-0.4, -0.2) is 68.1 Å². The van der Waals surface area contributed by atoms with E-state index >= 15 is 0 Å². The number of amides is 2. The van der Waals surface area contributed by atoms with Gasteiger partial charge < -0.3 is 19.3 Å². The molecule has 3 rings (SSSR count). The predicted octanol–water partition coefficient (Wildman–Crippen LogP) is 1.72. The van der Waals surface area contributed by atoms with Crippen LogP contribution in [0.15, 0.2) is 24.3 Å². The number of benzene rings is 1. The number of hydrogen-bond donors (Lipinski definition) is 0. The number of aryl methyl sites for hydroxylation is 1. The van der Waals surface area contributed by atoms with Crippen LogP contribution in [0.25, 0.3) is 0 Å². The van der Waals surface area contributed by atoms with Crippen LogP contribution in [0.3, 0.4) is 0 Å². The summed E-state index contributed by atoms with van der Waals surface area (Å²) in [7, 11) is 1.68. The lowest BCUT2D eigenvalue weighted by Crippen LogP contribution is -2.52. The first kappa shape index (κ1) is 18.7. The van der Waals surface area contributed by atoms with E-state index in [1.165, 1.54) is 0 Å². The van der Waals surface area contributed by atoms with Crippen molar-refractivity contribution in [1.82, 2.24) is 9.80 Å². The van der Waals surface area contributed by atoms with E-state index < -0.39 is 0 Å². The van der Waals surface area contributed by atoms with E-state index in [9.17, 15) is 9.59 Å². The van der Waals surface area contributed by atoms with E-state index in [1.54, 1.807) is 14.0 Å². The van der Waals surface area contributed by atoms with Crippen molar-refractivity contribution in [2.75, 3.05) is 46.5 Å². The molecule has 142 valence electrons. The van der Waals surface area contributed by atoms with E-state index in [-0.39, 0.29) is 23.8 Å². The largest absolute Gasteiger partial charge is 0.484 e. The van der Waals surface area contributed by atoms with Crippen molar-refractivity contribution in [3.8, 4) is 5.75 Å². The molecule has 6 nitrogen and oxygen atoms in total. The van der Waals surface area contributed by atoms with E-state index in [4.69, 9.17) is 9.47 Å². The quantitative estimate of drug-likeness (QED) is 0.802. The lowest BCUT2D eigenvalue weighted by atomic mass is 9.74. The Morgan fingerprint density at radius 3 is 2.73 bits per heavy atom. The first-order valence-corrected chi connectivity index (χ1v) is 9.15. The zero-order valence-electron chi connectivity index (χ0n) is 15.9. The van der Waals surface area contributed by atoms with Crippen LogP contribution in [0.2, 0.25) is 0 Å². The van der Waals surface area contributed by atoms with Crippen LogP contribution in [0.4, 0.5) is 0 Å². The number of carbonyl (C=O) groups excluding carboxylic acids is 2. The summed E-state index contributed by atoms with van der Waals surface area (Å²) in [4.78, 5) is 28.3. The Bertz CT molecular complexity index is 678. The van der Waals surface area contributed by atoms with Gasteiger partial charge in [-0.2, -0.15) is 0 Å². The smallest absolute Gasteiger partial charge is 0.260 e. The molecule has 6 heteroatoms. The number of ether oxygens (including phenoxy) is 2. The number of hydrogen-bond acceptors (Lipinski definition) is 4. The molecule has 0 radical (unpaired) electrons. The molecule has 2 atom stereocenters. The highest BCUT2D eigenvalue weighted by molar-refractivity contribution is 5.78. The van der Waals surface area contributed by atoms with Gasteiger partial charge in [0.1, 0.15) is 5.75 Å². The van der Waals surface area contributed by atoms with Crippen molar-refractivity contribution in [2.45, 2.75) is 20.3 Å². The van der Waals surface area contributed by atoms with Gasteiger partial charge in [0.15, 0.2) is 6.61 Å². The van der Waals surface area contributed by atoms with E-state index in [0.717, 1.165) is 18.5 Å². The molecule has 2 aliphatic heterocycles. The third-order valence-electron chi connectivity index (χ3n) is 5.65. The van der Waals surface area contributed by atoms with Gasteiger partial charge in [0.25, 0.3) is 5.91 Å². The van der Waals surface area contributed by atoms with Crippen molar-refractivity contribution in [1.29, 1.82) is 0 Å². The van der Waals surface area contributed by atoms with Crippen LogP contribution < -0.4 is 4.74 Å². The van der Waals surface area contributed by atoms with Gasteiger partial charge in [-0.25, -0.2) is 0 Å². The van der Waals surface area contributed by atoms with Crippen molar-refractivity contribution in [2.24, 2.45) is 11.3 Å². The lowest BCUT2D eigenvalue weighted by molar-refractivity contribution is -0.134. The number of fused-ring (bicyclic) bond motifs is 1. The minimum Gasteiger partial charge on any atom is -0.484 e. The highest BCUT2D eigenvalue weighted by Gasteiger charge is 2.51. The summed E-state index contributed by atoms with van der Waals surface area (Å²) in [6.07, 6.45) is 0.908. The lowest BCUT2D eigenvalue weighted by Gasteiger charge is -2.43. The third kappa shape index (κ3) is 3.85. The molecule has 1 aromatic rings. The fraction of sp³-hybridized carbons (Fsp3) is 0.600. The molecule has 0 aromatic heterocycles. The molecule has 2 amide bonds. The van der Waals surface area contributed by atoms with Crippen LogP contribution in [-0.2, 0) is 14.3 Å². The molecule has 2 heterocycles. The standard InChI is InChI=1S/C20H28N2O4/c1-15-5-4-6-18(9-15)26-11-19(24)22-10-17-7-8-21(16(2)23)12-20(17,13-22)14-25-3/h4-6,9,17H,7-8,10-14H2,1-3H3/t17-,20+/m1/s1. The fourth-order valence-electron chi connectivity index (χ4n) is 4.28. The first-order valence-electron chi connectivity index (χ1n) is 9.15. The van der Waals surface area contributed by atoms with Crippen LogP contribution in [0.1, 0.15) is 18.9 Å². The van der Waals surface area contributed by atoms with Gasteiger partial charge in [-0.1, -0.05) is 12.1 Å². The van der Waals surface area contributed by atoms with E-state index in [2.05, 4.69) is 0 Å². The number of rotatable bonds is 5. The molecule has 0 unspecified atom stereocenters. The van der Waals surface area contributed by atoms with Gasteiger partial charge in [0.2, 0.25) is 5.91 Å². The second-order valence-corrected chi connectivity index (χ2v) is 7.60. The summed E-state index contributed by atoms with van der Waals surface area (Å²) in [5.41, 5.74) is 0.933. The average Bonchev–Trinajstić information content (AvgIpc) is 2.98. The van der Waals surface area contributed by atoms with Gasteiger partial charge in [-0.15, -0.1) is 0 Å². The highest BCUT2D eigenvalue weighted by atomic mass is 16.5. The minimum atomic E-state index is -0.169. The second-order valence-electron chi connectivity index (χ2n) is 7.60. The average molecular weight is 360 g/mol. The molecule has 2 fully saturated rings. The van der Waals surface area contributed by atoms with Gasteiger partial charge >= 0.3 is 0 Å². The first-order chi connectivity index (χ1) is 12.4. The van der Waals surface area contributed by atoms with Gasteiger partial charge in [-0.3, -0.25) is 9.59 Å². The molecule has 2 aliphatic rings. The molecule has 0 bridgehead atoms. The predicted molar refractivity (Wildman–Crippen MR) is 97.9 cm³/mol. The van der Waals surface area contributed by atoms with Gasteiger partial charge in [-0.05, 0) is 37.0 Å². The third-order valence-corrected chi connectivity index (χ3v) is 5.65. The molecule has 26 heavy (non-hydrogen) atoms. The molecule has 0 saturated carbocycles. The number of nitrogens with zero attached hydrogens (tertiary/aromatic N) is 2. The summed E-state index contributed by atoms with van der Waals surface area (Å²) < 4.78 is 11.2. The number of piperidine rings is 1. The molecule has 1 aromatic carbocycles. The van der Waals surface area contributed by atoms with Crippen molar-refractivity contribution in [3.63, 3.8) is 0 Å². The molecule has 0 spiro atoms. The molecular formula is C20H28N2O4. The summed E-state index contributed by atoms with van der Waals surface area (Å²) in [5.74, 6) is 1.16. The summed E-state index contributed by atoms with van der Waals surface area (Å²) in [6.45, 7) is 6.94. The Labute approximate surface area is 155 Å². The zero-order valence-corrected chi connectivity index (χ0v) is 15.9. The Balaban J connectivity index is 1.64. The summed E-state index contributed by atoms with van der Waals surface area (Å²) in [5, 5.41) is 0. The monoisotopic (exact) mass is 360 g/mol. The number of methoxy groups -OCH3 is 1. The highest BCUT2D eigenvalue weighted by Crippen LogP contribution is 2.42. The second kappa shape index (κ2) is 7.66. The van der Waals surface area contributed by atoms with Crippen LogP contribution in [0, 0.1) is 18.3 Å². The summed E-state index contributed by atoms with van der Waals surface area (Å²) in [6, 6.07) is 7.70. The SMILES string of the molecule is COC[C@@]12CN(C(C)=O)CC[C@@H]1CN(C(=O)COc1cccc(C)c1)C2. The Hall–Kier alpha value is -2.08. The van der Waals surface area contributed by atoms with Gasteiger partial charge in [0, 0.05) is 45.6 Å². The molecule has 0 aliphatic carbocycles. The topological polar surface area (TPSA) is 59.1 Å². The maximum atomic E-state index is 12.7. The fourth-order valence-corrected chi connectivity index (χ4v) is 4.28. The Morgan fingerprint density at radius 1 is 1.27 bits per heavy atom. The zero-order chi connectivity index (χ0) is 18.7. The molecule has 2 saturated heterocycles. The van der Waals surface area contributed by atoms with Crippen molar-refractivity contribution < 1.29 is 19.1 Å². The van der Waals surface area contributed by atoms with Crippen LogP contribution >= 0.6 is 0 Å². The Kier molecular flexibility index (Phi) is 5.51.